The van der Waals surface area contributed by atoms with Crippen molar-refractivity contribution in [2.45, 2.75) is 38.0 Å². The largest absolute Gasteiger partial charge is 0.368 e. The van der Waals surface area contributed by atoms with E-state index < -0.39 is 0 Å². The standard InChI is InChI=1S/C14H20N4O2S/c19-14(9-21-8-10-1-2-10)17-4-3-12-13(6-17)20-7-11-5-15-16-18(11)12/h5,10,12-13H,1-4,6-9H2/t12-,13-/m0/s1. The smallest absolute Gasteiger partial charge is 0.232 e. The molecule has 0 aromatic carbocycles. The van der Waals surface area contributed by atoms with E-state index in [0.717, 1.165) is 30.3 Å². The molecule has 0 unspecified atom stereocenters. The minimum absolute atomic E-state index is 0.0605. The molecule has 114 valence electrons. The topological polar surface area (TPSA) is 60.3 Å². The number of aromatic nitrogens is 3. The van der Waals surface area contributed by atoms with Gasteiger partial charge >= 0.3 is 0 Å². The Kier molecular flexibility index (Phi) is 3.62. The van der Waals surface area contributed by atoms with E-state index in [1.54, 1.807) is 18.0 Å². The van der Waals surface area contributed by atoms with Crippen LogP contribution in [0.25, 0.3) is 0 Å². The molecule has 0 radical (unpaired) electrons. The summed E-state index contributed by atoms with van der Waals surface area (Å²) in [5, 5.41) is 8.13. The number of fused-ring (bicyclic) bond motifs is 3. The van der Waals surface area contributed by atoms with Crippen LogP contribution in [0.15, 0.2) is 6.20 Å². The Bertz CT molecular complexity index is 531. The van der Waals surface area contributed by atoms with Crippen molar-refractivity contribution in [2.75, 3.05) is 24.6 Å². The highest BCUT2D eigenvalue weighted by Gasteiger charge is 2.37. The summed E-state index contributed by atoms with van der Waals surface area (Å²) in [6.07, 6.45) is 5.43. The van der Waals surface area contributed by atoms with Gasteiger partial charge in [0.15, 0.2) is 0 Å². The monoisotopic (exact) mass is 308 g/mol. The fourth-order valence-corrected chi connectivity index (χ4v) is 4.24. The third-order valence-electron chi connectivity index (χ3n) is 4.56. The van der Waals surface area contributed by atoms with Gasteiger partial charge in [-0.1, -0.05) is 5.21 Å². The van der Waals surface area contributed by atoms with E-state index in [2.05, 4.69) is 10.3 Å². The van der Waals surface area contributed by atoms with E-state index >= 15 is 0 Å². The second kappa shape index (κ2) is 5.61. The van der Waals surface area contributed by atoms with Crippen molar-refractivity contribution in [3.63, 3.8) is 0 Å². The SMILES string of the molecule is O=C(CSCC1CC1)N1CC[C@H]2[C@H](C1)OCc1cnnn12. The Hall–Kier alpha value is -1.08. The lowest BCUT2D eigenvalue weighted by atomic mass is 10.0. The van der Waals surface area contributed by atoms with Gasteiger partial charge in [-0.25, -0.2) is 4.68 Å². The lowest BCUT2D eigenvalue weighted by molar-refractivity contribution is -0.136. The first kappa shape index (κ1) is 13.6. The third kappa shape index (κ3) is 2.81. The zero-order chi connectivity index (χ0) is 14.2. The quantitative estimate of drug-likeness (QED) is 0.833. The Morgan fingerprint density at radius 3 is 3.19 bits per heavy atom. The first-order chi connectivity index (χ1) is 10.3. The number of piperidine rings is 1. The van der Waals surface area contributed by atoms with Crippen molar-refractivity contribution in [1.82, 2.24) is 19.9 Å². The molecule has 0 N–H and O–H groups in total. The van der Waals surface area contributed by atoms with Crippen LogP contribution in [-0.2, 0) is 16.1 Å². The lowest BCUT2D eigenvalue weighted by Crippen LogP contribution is -2.50. The molecule has 0 bridgehead atoms. The van der Waals surface area contributed by atoms with E-state index in [0.29, 0.717) is 18.9 Å². The number of carbonyl (C=O) groups is 1. The number of likely N-dealkylation sites (tertiary alicyclic amines) is 1. The highest BCUT2D eigenvalue weighted by Crippen LogP contribution is 2.33. The number of nitrogens with zero attached hydrogens (tertiary/aromatic N) is 4. The zero-order valence-corrected chi connectivity index (χ0v) is 12.8. The molecule has 2 atom stereocenters. The van der Waals surface area contributed by atoms with Gasteiger partial charge in [0, 0.05) is 13.1 Å². The van der Waals surface area contributed by atoms with Gasteiger partial charge in [-0.3, -0.25) is 4.79 Å². The first-order valence-electron chi connectivity index (χ1n) is 7.67. The van der Waals surface area contributed by atoms with E-state index in [-0.39, 0.29) is 18.1 Å². The maximum Gasteiger partial charge on any atom is 0.232 e. The van der Waals surface area contributed by atoms with Crippen LogP contribution in [0.1, 0.15) is 31.0 Å². The number of amides is 1. The molecule has 4 rings (SSSR count). The van der Waals surface area contributed by atoms with Crippen molar-refractivity contribution in [3.05, 3.63) is 11.9 Å². The number of thioether (sulfide) groups is 1. The van der Waals surface area contributed by atoms with Gasteiger partial charge in [-0.2, -0.15) is 11.8 Å². The number of ether oxygens (including phenoxy) is 1. The molecule has 1 saturated heterocycles. The molecule has 7 heteroatoms. The molecule has 1 aromatic heterocycles. The van der Waals surface area contributed by atoms with Crippen LogP contribution in [0.4, 0.5) is 0 Å². The van der Waals surface area contributed by atoms with E-state index in [1.165, 1.54) is 12.8 Å². The van der Waals surface area contributed by atoms with Crippen molar-refractivity contribution in [2.24, 2.45) is 5.92 Å². The average Bonchev–Trinajstić information content (AvgIpc) is 3.20. The second-order valence-corrected chi connectivity index (χ2v) is 7.20. The highest BCUT2D eigenvalue weighted by molar-refractivity contribution is 7.99. The summed E-state index contributed by atoms with van der Waals surface area (Å²) >= 11 is 1.79. The molecule has 3 heterocycles. The molecule has 1 aromatic rings. The van der Waals surface area contributed by atoms with Gasteiger partial charge in [-0.05, 0) is 30.9 Å². The summed E-state index contributed by atoms with van der Waals surface area (Å²) in [5.41, 5.74) is 1.04. The Balaban J connectivity index is 1.33. The normalized spacial score (nSPS) is 28.1. The molecule has 1 saturated carbocycles. The summed E-state index contributed by atoms with van der Waals surface area (Å²) in [6, 6.07) is 0.236. The van der Waals surface area contributed by atoms with Crippen LogP contribution in [0.5, 0.6) is 0 Å². The average molecular weight is 308 g/mol. The van der Waals surface area contributed by atoms with Gasteiger partial charge in [0.1, 0.15) is 0 Å². The number of hydrogen-bond donors (Lipinski definition) is 0. The van der Waals surface area contributed by atoms with Gasteiger partial charge in [0.25, 0.3) is 0 Å². The summed E-state index contributed by atoms with van der Waals surface area (Å²) < 4.78 is 7.88. The molecule has 6 nitrogen and oxygen atoms in total. The molecule has 21 heavy (non-hydrogen) atoms. The molecule has 2 fully saturated rings. The minimum atomic E-state index is 0.0605. The van der Waals surface area contributed by atoms with Crippen molar-refractivity contribution in [3.8, 4) is 0 Å². The summed E-state index contributed by atoms with van der Waals surface area (Å²) in [6.45, 7) is 2.03. The Morgan fingerprint density at radius 1 is 1.43 bits per heavy atom. The maximum atomic E-state index is 12.3. The van der Waals surface area contributed by atoms with Crippen LogP contribution < -0.4 is 0 Å². The predicted octanol–water partition coefficient (Wildman–Crippen LogP) is 1.09. The van der Waals surface area contributed by atoms with Gasteiger partial charge < -0.3 is 9.64 Å². The molecule has 3 aliphatic rings. The number of hydrogen-bond acceptors (Lipinski definition) is 5. The van der Waals surface area contributed by atoms with E-state index in [1.807, 2.05) is 9.58 Å². The summed E-state index contributed by atoms with van der Waals surface area (Å²) in [4.78, 5) is 14.2. The number of carbonyl (C=O) groups excluding carboxylic acids is 1. The summed E-state index contributed by atoms with van der Waals surface area (Å²) in [7, 11) is 0. The second-order valence-electron chi connectivity index (χ2n) is 6.17. The highest BCUT2D eigenvalue weighted by atomic mass is 32.2. The zero-order valence-electron chi connectivity index (χ0n) is 12.0. The van der Waals surface area contributed by atoms with Crippen LogP contribution >= 0.6 is 11.8 Å². The van der Waals surface area contributed by atoms with Crippen molar-refractivity contribution in [1.29, 1.82) is 0 Å². The minimum Gasteiger partial charge on any atom is -0.368 e. The molecular weight excluding hydrogens is 288 g/mol. The summed E-state index contributed by atoms with van der Waals surface area (Å²) in [5.74, 6) is 2.89. The fraction of sp³-hybridized carbons (Fsp3) is 0.786. The molecule has 0 spiro atoms. The Labute approximate surface area is 128 Å². The first-order valence-corrected chi connectivity index (χ1v) is 8.83. The molecular formula is C14H20N4O2S. The van der Waals surface area contributed by atoms with Crippen molar-refractivity contribution >= 4 is 17.7 Å². The maximum absolute atomic E-state index is 12.3. The third-order valence-corrected chi connectivity index (χ3v) is 5.72. The van der Waals surface area contributed by atoms with Gasteiger partial charge in [-0.15, -0.1) is 5.10 Å². The lowest BCUT2D eigenvalue weighted by Gasteiger charge is -2.40. The van der Waals surface area contributed by atoms with E-state index in [4.69, 9.17) is 4.74 Å². The Morgan fingerprint density at radius 2 is 2.33 bits per heavy atom. The van der Waals surface area contributed by atoms with Crippen LogP contribution in [0, 0.1) is 5.92 Å². The van der Waals surface area contributed by atoms with E-state index in [9.17, 15) is 4.79 Å². The van der Waals surface area contributed by atoms with Gasteiger partial charge in [0.2, 0.25) is 5.91 Å². The fourth-order valence-electron chi connectivity index (χ4n) is 3.10. The van der Waals surface area contributed by atoms with Gasteiger partial charge in [0.05, 0.1) is 36.4 Å². The molecule has 2 aliphatic heterocycles. The van der Waals surface area contributed by atoms with Crippen LogP contribution in [0.2, 0.25) is 0 Å². The molecule has 1 aliphatic carbocycles. The van der Waals surface area contributed by atoms with Crippen LogP contribution in [-0.4, -0.2) is 56.5 Å². The number of rotatable bonds is 4. The van der Waals surface area contributed by atoms with Crippen LogP contribution in [0.3, 0.4) is 0 Å². The van der Waals surface area contributed by atoms with Crippen molar-refractivity contribution < 1.29 is 9.53 Å². The predicted molar refractivity (Wildman–Crippen MR) is 78.9 cm³/mol. The molecule has 1 amide bonds.